The predicted octanol–water partition coefficient (Wildman–Crippen LogP) is 6.43. The van der Waals surface area contributed by atoms with Gasteiger partial charge in [-0.25, -0.2) is 4.79 Å². The Balaban J connectivity index is 1.42. The molecule has 5 rings (SSSR count). The molecule has 0 fully saturated rings. The number of halogens is 1. The number of carbonyl (C=O) groups is 2. The molecule has 0 amide bonds. The molecule has 1 N–H and O–H groups in total. The SMILES string of the molecule is CC1=C(C(=O)OCCOc2ccccc2)C(c2cccc(Br)c2)C2=C(CC(c3ccccc3)CC2=O)N1. The van der Waals surface area contributed by atoms with Crippen molar-refractivity contribution in [1.82, 2.24) is 5.32 Å². The van der Waals surface area contributed by atoms with Gasteiger partial charge in [0.25, 0.3) is 0 Å². The zero-order valence-corrected chi connectivity index (χ0v) is 22.2. The minimum atomic E-state index is -0.500. The zero-order chi connectivity index (χ0) is 25.8. The number of dihydropyridines is 1. The molecular weight excluding hydrogens is 530 g/mol. The van der Waals surface area contributed by atoms with Crippen molar-refractivity contribution in [3.05, 3.63) is 123 Å². The van der Waals surface area contributed by atoms with Crippen LogP contribution in [0.15, 0.2) is 112 Å². The van der Waals surface area contributed by atoms with E-state index in [1.807, 2.05) is 79.7 Å². The highest BCUT2D eigenvalue weighted by Gasteiger charge is 2.41. The molecule has 1 heterocycles. The third-order valence-electron chi connectivity index (χ3n) is 6.83. The first-order chi connectivity index (χ1) is 18.0. The highest BCUT2D eigenvalue weighted by atomic mass is 79.9. The maximum absolute atomic E-state index is 13.7. The summed E-state index contributed by atoms with van der Waals surface area (Å²) in [6, 6.07) is 27.3. The van der Waals surface area contributed by atoms with Gasteiger partial charge >= 0.3 is 5.97 Å². The number of esters is 1. The lowest BCUT2D eigenvalue weighted by Crippen LogP contribution is -2.36. The summed E-state index contributed by atoms with van der Waals surface area (Å²) in [6.07, 6.45) is 1.11. The van der Waals surface area contributed by atoms with Gasteiger partial charge < -0.3 is 14.8 Å². The number of rotatable bonds is 7. The van der Waals surface area contributed by atoms with E-state index < -0.39 is 11.9 Å². The van der Waals surface area contributed by atoms with E-state index in [9.17, 15) is 9.59 Å². The van der Waals surface area contributed by atoms with Crippen molar-refractivity contribution in [2.24, 2.45) is 0 Å². The van der Waals surface area contributed by atoms with E-state index in [1.165, 1.54) is 0 Å². The fourth-order valence-electron chi connectivity index (χ4n) is 5.18. The smallest absolute Gasteiger partial charge is 0.336 e. The Morgan fingerprint density at radius 2 is 1.62 bits per heavy atom. The number of benzene rings is 3. The molecule has 0 radical (unpaired) electrons. The van der Waals surface area contributed by atoms with Crippen LogP contribution in [0.5, 0.6) is 5.75 Å². The van der Waals surface area contributed by atoms with Gasteiger partial charge in [0, 0.05) is 33.8 Å². The Morgan fingerprint density at radius 1 is 0.919 bits per heavy atom. The van der Waals surface area contributed by atoms with Crippen LogP contribution in [0.2, 0.25) is 0 Å². The normalized spacial score (nSPS) is 19.2. The summed E-state index contributed by atoms with van der Waals surface area (Å²) >= 11 is 3.55. The fraction of sp³-hybridized carbons (Fsp3) is 0.226. The summed E-state index contributed by atoms with van der Waals surface area (Å²) in [7, 11) is 0. The number of allylic oxidation sites excluding steroid dienone is 3. The number of ketones is 1. The van der Waals surface area contributed by atoms with Gasteiger partial charge in [0.05, 0.1) is 5.57 Å². The third kappa shape index (κ3) is 5.54. The Hall–Kier alpha value is -3.64. The van der Waals surface area contributed by atoms with Gasteiger partial charge in [-0.1, -0.05) is 76.6 Å². The van der Waals surface area contributed by atoms with Gasteiger partial charge in [-0.05, 0) is 54.7 Å². The number of hydrogen-bond donors (Lipinski definition) is 1. The molecule has 5 nitrogen and oxygen atoms in total. The quantitative estimate of drug-likeness (QED) is 0.267. The minimum Gasteiger partial charge on any atom is -0.490 e. The topological polar surface area (TPSA) is 64.6 Å². The second-order valence-corrected chi connectivity index (χ2v) is 10.2. The molecule has 0 saturated carbocycles. The molecule has 37 heavy (non-hydrogen) atoms. The lowest BCUT2D eigenvalue weighted by molar-refractivity contribution is -0.140. The van der Waals surface area contributed by atoms with E-state index in [0.717, 1.165) is 27.0 Å². The van der Waals surface area contributed by atoms with Crippen LogP contribution in [-0.2, 0) is 14.3 Å². The van der Waals surface area contributed by atoms with E-state index in [-0.39, 0.29) is 24.9 Å². The first-order valence-electron chi connectivity index (χ1n) is 12.4. The molecule has 0 spiro atoms. The van der Waals surface area contributed by atoms with Crippen LogP contribution in [0.4, 0.5) is 0 Å². The molecule has 2 unspecified atom stereocenters. The highest BCUT2D eigenvalue weighted by Crippen LogP contribution is 2.46. The second kappa shape index (κ2) is 11.2. The Kier molecular flexibility index (Phi) is 7.56. The maximum atomic E-state index is 13.7. The summed E-state index contributed by atoms with van der Waals surface area (Å²) in [5.74, 6) is -0.0788. The van der Waals surface area contributed by atoms with E-state index in [1.54, 1.807) is 0 Å². The van der Waals surface area contributed by atoms with Crippen molar-refractivity contribution in [1.29, 1.82) is 0 Å². The van der Waals surface area contributed by atoms with Crippen LogP contribution < -0.4 is 10.1 Å². The van der Waals surface area contributed by atoms with Crippen molar-refractivity contribution >= 4 is 27.7 Å². The number of ether oxygens (including phenoxy) is 2. The lowest BCUT2D eigenvalue weighted by Gasteiger charge is -2.36. The number of para-hydroxylation sites is 1. The Bertz CT molecular complexity index is 1360. The summed E-state index contributed by atoms with van der Waals surface area (Å²) in [6.45, 7) is 2.22. The molecule has 188 valence electrons. The van der Waals surface area contributed by atoms with Gasteiger partial charge in [-0.2, -0.15) is 0 Å². The zero-order valence-electron chi connectivity index (χ0n) is 20.6. The van der Waals surface area contributed by atoms with Gasteiger partial charge in [0.2, 0.25) is 0 Å². The van der Waals surface area contributed by atoms with Crippen LogP contribution >= 0.6 is 15.9 Å². The Morgan fingerprint density at radius 3 is 2.35 bits per heavy atom. The van der Waals surface area contributed by atoms with Crippen LogP contribution in [-0.4, -0.2) is 25.0 Å². The lowest BCUT2D eigenvalue weighted by atomic mass is 9.72. The van der Waals surface area contributed by atoms with Crippen molar-refractivity contribution in [2.45, 2.75) is 31.6 Å². The molecule has 3 aromatic rings. The van der Waals surface area contributed by atoms with E-state index >= 15 is 0 Å². The molecule has 2 aliphatic rings. The predicted molar refractivity (Wildman–Crippen MR) is 146 cm³/mol. The standard InChI is InChI=1S/C31H28BrNO4/c1-20-28(31(35)37-16-15-36-25-13-6-3-7-14-25)29(22-11-8-12-24(32)17-22)30-26(33-20)18-23(19-27(30)34)21-9-4-2-5-10-21/h2-14,17,23,29,33H,15-16,18-19H2,1H3. The molecule has 0 saturated heterocycles. The molecule has 1 aliphatic heterocycles. The number of Topliss-reactive ketones (excluding diaryl/α,β-unsaturated/α-hetero) is 1. The molecule has 1 aliphatic carbocycles. The summed E-state index contributed by atoms with van der Waals surface area (Å²) in [5, 5.41) is 3.40. The fourth-order valence-corrected chi connectivity index (χ4v) is 5.60. The third-order valence-corrected chi connectivity index (χ3v) is 7.32. The van der Waals surface area contributed by atoms with Gasteiger partial charge in [-0.3, -0.25) is 4.79 Å². The number of nitrogens with one attached hydrogen (secondary N) is 1. The largest absolute Gasteiger partial charge is 0.490 e. The second-order valence-electron chi connectivity index (χ2n) is 9.28. The van der Waals surface area contributed by atoms with Gasteiger partial charge in [0.1, 0.15) is 19.0 Å². The summed E-state index contributed by atoms with van der Waals surface area (Å²) in [4.78, 5) is 27.1. The van der Waals surface area contributed by atoms with Crippen LogP contribution in [0.1, 0.15) is 42.7 Å². The van der Waals surface area contributed by atoms with E-state index in [4.69, 9.17) is 9.47 Å². The van der Waals surface area contributed by atoms with Crippen molar-refractivity contribution in [3.8, 4) is 5.75 Å². The van der Waals surface area contributed by atoms with Crippen LogP contribution in [0.25, 0.3) is 0 Å². The number of hydrogen-bond acceptors (Lipinski definition) is 5. The molecule has 3 aromatic carbocycles. The average molecular weight is 558 g/mol. The van der Waals surface area contributed by atoms with E-state index in [0.29, 0.717) is 29.7 Å². The van der Waals surface area contributed by atoms with Crippen LogP contribution in [0.3, 0.4) is 0 Å². The number of carbonyl (C=O) groups excluding carboxylic acids is 2. The monoisotopic (exact) mass is 557 g/mol. The summed E-state index contributed by atoms with van der Waals surface area (Å²) in [5.41, 5.74) is 4.73. The Labute approximate surface area is 225 Å². The van der Waals surface area contributed by atoms with Crippen LogP contribution in [0, 0.1) is 0 Å². The first-order valence-corrected chi connectivity index (χ1v) is 13.2. The van der Waals surface area contributed by atoms with Crippen molar-refractivity contribution in [2.75, 3.05) is 13.2 Å². The minimum absolute atomic E-state index is 0.0535. The van der Waals surface area contributed by atoms with Crippen molar-refractivity contribution in [3.63, 3.8) is 0 Å². The summed E-state index contributed by atoms with van der Waals surface area (Å²) < 4.78 is 12.2. The highest BCUT2D eigenvalue weighted by molar-refractivity contribution is 9.10. The molecular formula is C31H28BrNO4. The molecule has 0 bridgehead atoms. The average Bonchev–Trinajstić information content (AvgIpc) is 2.91. The van der Waals surface area contributed by atoms with E-state index in [2.05, 4.69) is 33.4 Å². The molecule has 2 atom stereocenters. The van der Waals surface area contributed by atoms with Gasteiger partial charge in [0.15, 0.2) is 5.78 Å². The first kappa shape index (κ1) is 25.0. The molecule has 6 heteroatoms. The van der Waals surface area contributed by atoms with Gasteiger partial charge in [-0.15, -0.1) is 0 Å². The van der Waals surface area contributed by atoms with Crippen molar-refractivity contribution < 1.29 is 19.1 Å². The molecule has 0 aromatic heterocycles. The maximum Gasteiger partial charge on any atom is 0.336 e.